The van der Waals surface area contributed by atoms with E-state index in [1.807, 2.05) is 0 Å². The van der Waals surface area contributed by atoms with Gasteiger partial charge in [-0.15, -0.1) is 0 Å². The number of hydrogen-bond donors (Lipinski definition) is 2. The Bertz CT molecular complexity index is 1120. The molecule has 31 heavy (non-hydrogen) atoms. The van der Waals surface area contributed by atoms with Crippen LogP contribution in [0, 0.1) is 11.6 Å². The van der Waals surface area contributed by atoms with Crippen LogP contribution in [0.3, 0.4) is 0 Å². The summed E-state index contributed by atoms with van der Waals surface area (Å²) in [5, 5.41) is 5.27. The number of halogens is 3. The van der Waals surface area contributed by atoms with Crippen molar-refractivity contribution in [3.8, 4) is 11.5 Å². The second-order valence-electron chi connectivity index (χ2n) is 6.26. The topological polar surface area (TPSA) is 76.7 Å². The van der Waals surface area contributed by atoms with E-state index in [0.29, 0.717) is 11.4 Å². The van der Waals surface area contributed by atoms with Gasteiger partial charge in [0.15, 0.2) is 18.2 Å². The molecule has 0 bridgehead atoms. The van der Waals surface area contributed by atoms with E-state index in [4.69, 9.17) is 21.1 Å². The number of ether oxygens (including phenoxy) is 2. The largest absolute Gasteiger partial charge is 0.495 e. The van der Waals surface area contributed by atoms with Crippen molar-refractivity contribution in [2.24, 2.45) is 0 Å². The number of amides is 2. The summed E-state index contributed by atoms with van der Waals surface area (Å²) in [7, 11) is 1.40. The normalized spacial score (nSPS) is 10.3. The molecule has 0 radical (unpaired) electrons. The van der Waals surface area contributed by atoms with E-state index in [-0.39, 0.29) is 22.0 Å². The van der Waals surface area contributed by atoms with Gasteiger partial charge in [0.25, 0.3) is 11.8 Å². The van der Waals surface area contributed by atoms with E-state index < -0.39 is 30.1 Å². The van der Waals surface area contributed by atoms with Crippen molar-refractivity contribution in [1.82, 2.24) is 0 Å². The predicted octanol–water partition coefficient (Wildman–Crippen LogP) is 4.90. The minimum absolute atomic E-state index is 0.0506. The average molecular weight is 447 g/mol. The molecule has 0 aliphatic carbocycles. The van der Waals surface area contributed by atoms with Gasteiger partial charge < -0.3 is 20.1 Å². The second-order valence-corrected chi connectivity index (χ2v) is 6.70. The number of para-hydroxylation sites is 1. The highest BCUT2D eigenvalue weighted by Gasteiger charge is 2.15. The Balaban J connectivity index is 1.70. The molecule has 0 fully saturated rings. The van der Waals surface area contributed by atoms with E-state index in [1.54, 1.807) is 12.1 Å². The lowest BCUT2D eigenvalue weighted by atomic mass is 10.2. The number of hydrogen-bond acceptors (Lipinski definition) is 4. The summed E-state index contributed by atoms with van der Waals surface area (Å²) in [6.07, 6.45) is 0. The molecule has 160 valence electrons. The van der Waals surface area contributed by atoms with Crippen molar-refractivity contribution in [3.63, 3.8) is 0 Å². The second kappa shape index (κ2) is 9.90. The van der Waals surface area contributed by atoms with Crippen molar-refractivity contribution in [3.05, 3.63) is 82.9 Å². The van der Waals surface area contributed by atoms with E-state index in [9.17, 15) is 18.4 Å². The maximum absolute atomic E-state index is 14.0. The monoisotopic (exact) mass is 446 g/mol. The average Bonchev–Trinajstić information content (AvgIpc) is 2.73. The fourth-order valence-corrected chi connectivity index (χ4v) is 2.81. The number of anilines is 2. The summed E-state index contributed by atoms with van der Waals surface area (Å²) in [6.45, 7) is -0.426. The van der Waals surface area contributed by atoms with Crippen LogP contribution in [0.4, 0.5) is 20.2 Å². The Kier molecular flexibility index (Phi) is 7.04. The summed E-state index contributed by atoms with van der Waals surface area (Å²) in [6, 6.07) is 13.9. The summed E-state index contributed by atoms with van der Waals surface area (Å²) in [5.74, 6) is -2.39. The molecule has 3 aromatic rings. The maximum Gasteiger partial charge on any atom is 0.262 e. The predicted molar refractivity (Wildman–Crippen MR) is 113 cm³/mol. The van der Waals surface area contributed by atoms with Crippen LogP contribution < -0.4 is 20.1 Å². The molecule has 0 heterocycles. The molecular weight excluding hydrogens is 430 g/mol. The zero-order valence-electron chi connectivity index (χ0n) is 16.2. The Hall–Kier alpha value is -3.65. The molecule has 0 aromatic heterocycles. The van der Waals surface area contributed by atoms with Gasteiger partial charge in [-0.25, -0.2) is 8.78 Å². The highest BCUT2D eigenvalue weighted by Crippen LogP contribution is 2.29. The van der Waals surface area contributed by atoms with Crippen molar-refractivity contribution >= 4 is 34.8 Å². The van der Waals surface area contributed by atoms with Crippen LogP contribution in [0.15, 0.2) is 60.7 Å². The number of methoxy groups -OCH3 is 1. The maximum atomic E-state index is 14.0. The summed E-state index contributed by atoms with van der Waals surface area (Å²) in [4.78, 5) is 24.6. The molecule has 0 saturated carbocycles. The van der Waals surface area contributed by atoms with Crippen molar-refractivity contribution in [2.45, 2.75) is 0 Å². The fraction of sp³-hybridized carbons (Fsp3) is 0.0909. The fourth-order valence-electron chi connectivity index (χ4n) is 2.65. The van der Waals surface area contributed by atoms with Gasteiger partial charge in [0.05, 0.1) is 18.4 Å². The van der Waals surface area contributed by atoms with Gasteiger partial charge in [-0.1, -0.05) is 23.7 Å². The molecule has 0 saturated heterocycles. The molecule has 0 unspecified atom stereocenters. The number of nitrogens with one attached hydrogen (secondary N) is 2. The van der Waals surface area contributed by atoms with Crippen LogP contribution in [0.5, 0.6) is 11.5 Å². The Morgan fingerprint density at radius 1 is 0.935 bits per heavy atom. The first kappa shape index (κ1) is 22.0. The third-order valence-electron chi connectivity index (χ3n) is 4.10. The van der Waals surface area contributed by atoms with Gasteiger partial charge >= 0.3 is 0 Å². The summed E-state index contributed by atoms with van der Waals surface area (Å²) < 4.78 is 37.9. The minimum Gasteiger partial charge on any atom is -0.495 e. The molecule has 0 spiro atoms. The van der Waals surface area contributed by atoms with Crippen molar-refractivity contribution in [1.29, 1.82) is 0 Å². The van der Waals surface area contributed by atoms with Gasteiger partial charge in [-0.05, 0) is 48.5 Å². The molecule has 0 atom stereocenters. The van der Waals surface area contributed by atoms with Gasteiger partial charge in [0, 0.05) is 10.7 Å². The molecule has 2 N–H and O–H groups in total. The minimum atomic E-state index is -0.779. The third kappa shape index (κ3) is 5.70. The first-order valence-electron chi connectivity index (χ1n) is 8.99. The zero-order chi connectivity index (χ0) is 22.4. The lowest BCUT2D eigenvalue weighted by Crippen LogP contribution is -2.21. The molecule has 2 amide bonds. The summed E-state index contributed by atoms with van der Waals surface area (Å²) in [5.41, 5.74) is 0.309. The summed E-state index contributed by atoms with van der Waals surface area (Å²) >= 11 is 5.71. The number of rotatable bonds is 7. The molecule has 3 rings (SSSR count). The molecular formula is C22H17ClF2N2O4. The molecule has 3 aromatic carbocycles. The van der Waals surface area contributed by atoms with E-state index in [0.717, 1.165) is 6.07 Å². The standard InChI is InChI=1S/C22H17ClF2N2O4/c1-30-20-9-7-14(26-21(28)12-31-19-5-3-2-4-16(19)24)11-18(20)27-22(29)15-8-6-13(23)10-17(15)25/h2-11H,12H2,1H3,(H,26,28)(H,27,29). The molecule has 0 aliphatic rings. The lowest BCUT2D eigenvalue weighted by molar-refractivity contribution is -0.118. The third-order valence-corrected chi connectivity index (χ3v) is 4.34. The van der Waals surface area contributed by atoms with E-state index in [2.05, 4.69) is 10.6 Å². The van der Waals surface area contributed by atoms with Crippen molar-refractivity contribution in [2.75, 3.05) is 24.4 Å². The quantitative estimate of drug-likeness (QED) is 0.541. The Labute approximate surface area is 181 Å². The van der Waals surface area contributed by atoms with Gasteiger partial charge in [-0.3, -0.25) is 9.59 Å². The Morgan fingerprint density at radius 3 is 2.42 bits per heavy atom. The zero-order valence-corrected chi connectivity index (χ0v) is 17.0. The first-order valence-corrected chi connectivity index (χ1v) is 9.37. The molecule has 9 heteroatoms. The molecule has 0 aliphatic heterocycles. The first-order chi connectivity index (χ1) is 14.9. The van der Waals surface area contributed by atoms with Crippen LogP contribution in [0.25, 0.3) is 0 Å². The smallest absolute Gasteiger partial charge is 0.262 e. The van der Waals surface area contributed by atoms with Crippen LogP contribution >= 0.6 is 11.6 Å². The number of carbonyl (C=O) groups excluding carboxylic acids is 2. The van der Waals surface area contributed by atoms with Gasteiger partial charge in [0.1, 0.15) is 11.6 Å². The molecule has 6 nitrogen and oxygen atoms in total. The van der Waals surface area contributed by atoms with Gasteiger partial charge in [0.2, 0.25) is 0 Å². The van der Waals surface area contributed by atoms with E-state index >= 15 is 0 Å². The van der Waals surface area contributed by atoms with E-state index in [1.165, 1.54) is 49.6 Å². The SMILES string of the molecule is COc1ccc(NC(=O)COc2ccccc2F)cc1NC(=O)c1ccc(Cl)cc1F. The number of benzene rings is 3. The van der Waals surface area contributed by atoms with Crippen LogP contribution in [-0.4, -0.2) is 25.5 Å². The highest BCUT2D eigenvalue weighted by atomic mass is 35.5. The van der Waals surface area contributed by atoms with Crippen molar-refractivity contribution < 1.29 is 27.8 Å². The van der Waals surface area contributed by atoms with Crippen LogP contribution in [0.1, 0.15) is 10.4 Å². The van der Waals surface area contributed by atoms with Crippen LogP contribution in [0.2, 0.25) is 5.02 Å². The van der Waals surface area contributed by atoms with Crippen LogP contribution in [-0.2, 0) is 4.79 Å². The highest BCUT2D eigenvalue weighted by molar-refractivity contribution is 6.30. The number of carbonyl (C=O) groups is 2. The van der Waals surface area contributed by atoms with Gasteiger partial charge in [-0.2, -0.15) is 0 Å². The Morgan fingerprint density at radius 2 is 1.71 bits per heavy atom. The lowest BCUT2D eigenvalue weighted by Gasteiger charge is -2.13.